The molecule has 3 amide bonds. The van der Waals surface area contributed by atoms with Gasteiger partial charge in [-0.2, -0.15) is 26.3 Å². The lowest BCUT2D eigenvalue weighted by molar-refractivity contribution is -0.192. The van der Waals surface area contributed by atoms with Crippen molar-refractivity contribution in [2.24, 2.45) is 0 Å². The Morgan fingerprint density at radius 3 is 2.32 bits per heavy atom. The maximum Gasteiger partial charge on any atom is 0.490 e. The largest absolute Gasteiger partial charge is 0.490 e. The monoisotopic (exact) mass is 600 g/mol. The Morgan fingerprint density at radius 1 is 0.976 bits per heavy atom. The minimum absolute atomic E-state index is 0.0325. The van der Waals surface area contributed by atoms with Crippen LogP contribution < -0.4 is 14.5 Å². The Balaban J connectivity index is 0.000000493. The first kappa shape index (κ1) is 29.2. The number of urea groups is 1. The lowest BCUT2D eigenvalue weighted by Crippen LogP contribution is -2.33. The van der Waals surface area contributed by atoms with E-state index in [0.717, 1.165) is 27.3 Å². The number of hydrogen-bond donors (Lipinski definition) is 2. The van der Waals surface area contributed by atoms with Gasteiger partial charge in [0.15, 0.2) is 0 Å². The van der Waals surface area contributed by atoms with Gasteiger partial charge in [-0.3, -0.25) is 9.69 Å². The SMILES string of the molecule is O=C(O)C(F)(F)F.O=C1CN(c2cccc(C(F)(F)F)c2)C(=O)N1c1ccc(Oc2ccnc3[nH]ccc23)c(Cl)c1. The number of pyridine rings is 1. The molecule has 0 saturated carbocycles. The molecule has 4 aromatic rings. The van der Waals surface area contributed by atoms with Gasteiger partial charge in [-0.05, 0) is 48.5 Å². The molecular formula is C25H15ClF6N4O5. The zero-order chi connectivity index (χ0) is 30.1. The molecule has 16 heteroatoms. The van der Waals surface area contributed by atoms with E-state index in [0.29, 0.717) is 11.4 Å². The van der Waals surface area contributed by atoms with Gasteiger partial charge in [-0.15, -0.1) is 0 Å². The molecular weight excluding hydrogens is 586 g/mol. The van der Waals surface area contributed by atoms with E-state index in [2.05, 4.69) is 9.97 Å². The van der Waals surface area contributed by atoms with E-state index in [1.165, 1.54) is 30.3 Å². The number of halogens is 7. The highest BCUT2D eigenvalue weighted by atomic mass is 35.5. The summed E-state index contributed by atoms with van der Waals surface area (Å²) in [5, 5.41) is 8.00. The smallest absolute Gasteiger partial charge is 0.475 e. The maximum absolute atomic E-state index is 13.1. The minimum Gasteiger partial charge on any atom is -0.475 e. The number of carbonyl (C=O) groups is 3. The molecule has 2 aromatic heterocycles. The molecule has 0 bridgehead atoms. The Labute approximate surface area is 230 Å². The fourth-order valence-corrected chi connectivity index (χ4v) is 3.88. The second-order valence-corrected chi connectivity index (χ2v) is 8.62. The van der Waals surface area contributed by atoms with Gasteiger partial charge in [0, 0.05) is 18.1 Å². The number of rotatable bonds is 4. The van der Waals surface area contributed by atoms with Crippen molar-refractivity contribution in [1.82, 2.24) is 9.97 Å². The summed E-state index contributed by atoms with van der Waals surface area (Å²) in [7, 11) is 0. The number of amides is 3. The predicted octanol–water partition coefficient (Wildman–Crippen LogP) is 6.63. The van der Waals surface area contributed by atoms with Crippen molar-refractivity contribution in [2.45, 2.75) is 12.4 Å². The van der Waals surface area contributed by atoms with Crippen molar-refractivity contribution in [3.63, 3.8) is 0 Å². The van der Waals surface area contributed by atoms with Crippen LogP contribution >= 0.6 is 11.6 Å². The van der Waals surface area contributed by atoms with Crippen molar-refractivity contribution in [3.8, 4) is 11.5 Å². The van der Waals surface area contributed by atoms with Crippen LogP contribution in [-0.4, -0.2) is 45.7 Å². The number of alkyl halides is 6. The van der Waals surface area contributed by atoms with E-state index in [-0.39, 0.29) is 22.1 Å². The zero-order valence-electron chi connectivity index (χ0n) is 20.1. The first-order chi connectivity index (χ1) is 19.2. The topological polar surface area (TPSA) is 116 Å². The number of carboxylic acid groups (broad SMARTS) is 1. The number of ether oxygens (including phenoxy) is 1. The summed E-state index contributed by atoms with van der Waals surface area (Å²) in [4.78, 5) is 43.5. The van der Waals surface area contributed by atoms with Gasteiger partial charge in [0.1, 0.15) is 23.7 Å². The molecule has 214 valence electrons. The third-order valence-electron chi connectivity index (χ3n) is 5.51. The van der Waals surface area contributed by atoms with E-state index in [4.69, 9.17) is 26.2 Å². The number of aromatic amines is 1. The average Bonchev–Trinajstić information content (AvgIpc) is 3.49. The predicted molar refractivity (Wildman–Crippen MR) is 133 cm³/mol. The van der Waals surface area contributed by atoms with Crippen LogP contribution in [0.25, 0.3) is 11.0 Å². The average molecular weight is 601 g/mol. The zero-order valence-corrected chi connectivity index (χ0v) is 20.9. The van der Waals surface area contributed by atoms with Crippen molar-refractivity contribution in [1.29, 1.82) is 0 Å². The highest BCUT2D eigenvalue weighted by Gasteiger charge is 2.40. The van der Waals surface area contributed by atoms with Crippen LogP contribution in [0.15, 0.2) is 67.0 Å². The fourth-order valence-electron chi connectivity index (χ4n) is 3.66. The Bertz CT molecular complexity index is 1640. The van der Waals surface area contributed by atoms with Gasteiger partial charge in [0.05, 0.1) is 21.7 Å². The summed E-state index contributed by atoms with van der Waals surface area (Å²) in [6.07, 6.45) is -6.37. The van der Waals surface area contributed by atoms with Gasteiger partial charge < -0.3 is 14.8 Å². The molecule has 9 nitrogen and oxygen atoms in total. The number of aliphatic carboxylic acids is 1. The van der Waals surface area contributed by atoms with E-state index in [1.807, 2.05) is 0 Å². The first-order valence-corrected chi connectivity index (χ1v) is 11.6. The third kappa shape index (κ3) is 6.35. The van der Waals surface area contributed by atoms with Crippen molar-refractivity contribution in [3.05, 3.63) is 77.6 Å². The molecule has 1 fully saturated rings. The molecule has 0 unspecified atom stereocenters. The second kappa shape index (κ2) is 11.0. The molecule has 0 aliphatic carbocycles. The lowest BCUT2D eigenvalue weighted by Gasteiger charge is -2.19. The summed E-state index contributed by atoms with van der Waals surface area (Å²) < 4.78 is 76.8. The normalized spacial score (nSPS) is 13.8. The van der Waals surface area contributed by atoms with E-state index in [9.17, 15) is 35.9 Å². The minimum atomic E-state index is -5.08. The van der Waals surface area contributed by atoms with Crippen LogP contribution in [0.5, 0.6) is 11.5 Å². The van der Waals surface area contributed by atoms with Crippen molar-refractivity contribution in [2.75, 3.05) is 16.3 Å². The molecule has 0 atom stereocenters. The van der Waals surface area contributed by atoms with Gasteiger partial charge in [0.25, 0.3) is 5.91 Å². The molecule has 3 heterocycles. The molecule has 2 aromatic carbocycles. The second-order valence-electron chi connectivity index (χ2n) is 8.21. The number of nitrogens with one attached hydrogen (secondary N) is 1. The lowest BCUT2D eigenvalue weighted by atomic mass is 10.2. The Kier molecular flexibility index (Phi) is 7.83. The van der Waals surface area contributed by atoms with Crippen LogP contribution in [0, 0.1) is 0 Å². The number of benzene rings is 2. The summed E-state index contributed by atoms with van der Waals surface area (Å²) in [6, 6.07) is 11.3. The number of imide groups is 1. The van der Waals surface area contributed by atoms with E-state index >= 15 is 0 Å². The van der Waals surface area contributed by atoms with E-state index < -0.39 is 42.4 Å². The molecule has 0 radical (unpaired) electrons. The van der Waals surface area contributed by atoms with Crippen LogP contribution in [0.1, 0.15) is 5.56 Å². The molecule has 41 heavy (non-hydrogen) atoms. The first-order valence-electron chi connectivity index (χ1n) is 11.2. The molecule has 0 spiro atoms. The summed E-state index contributed by atoms with van der Waals surface area (Å²) >= 11 is 6.37. The molecule has 1 aliphatic rings. The summed E-state index contributed by atoms with van der Waals surface area (Å²) in [5.74, 6) is -2.57. The number of carboxylic acids is 1. The summed E-state index contributed by atoms with van der Waals surface area (Å²) in [6.45, 7) is -0.404. The highest BCUT2D eigenvalue weighted by Crippen LogP contribution is 2.37. The number of anilines is 2. The number of hydrogen-bond acceptors (Lipinski definition) is 5. The van der Waals surface area contributed by atoms with Crippen LogP contribution in [0.3, 0.4) is 0 Å². The number of nitrogens with zero attached hydrogens (tertiary/aromatic N) is 3. The van der Waals surface area contributed by atoms with Crippen LogP contribution in [0.4, 0.5) is 42.5 Å². The van der Waals surface area contributed by atoms with Gasteiger partial charge in [-0.1, -0.05) is 17.7 Å². The number of carbonyl (C=O) groups excluding carboxylic acids is 2. The van der Waals surface area contributed by atoms with Gasteiger partial charge in [-0.25, -0.2) is 19.5 Å². The standard InChI is InChI=1S/C23H14ClF3N4O3.C2HF3O2/c24-17-11-15(4-5-19(17)34-18-7-9-29-21-16(18)6-8-28-21)31-20(32)12-30(22(31)33)14-3-1-2-13(10-14)23(25,26)27;3-2(4,5)1(6)7/h1-11H,12H2,(H,28,29);(H,6,7). The molecule has 1 aliphatic heterocycles. The molecule has 5 rings (SSSR count). The Hall–Kier alpha value is -4.79. The number of aromatic nitrogens is 2. The highest BCUT2D eigenvalue weighted by molar-refractivity contribution is 6.33. The Morgan fingerprint density at radius 2 is 1.68 bits per heavy atom. The van der Waals surface area contributed by atoms with Crippen LogP contribution in [0.2, 0.25) is 5.02 Å². The van der Waals surface area contributed by atoms with Crippen molar-refractivity contribution >= 4 is 51.9 Å². The quantitative estimate of drug-likeness (QED) is 0.201. The van der Waals surface area contributed by atoms with Gasteiger partial charge >= 0.3 is 24.4 Å². The number of H-pyrrole nitrogens is 1. The van der Waals surface area contributed by atoms with Crippen LogP contribution in [-0.2, 0) is 15.8 Å². The number of fused-ring (bicyclic) bond motifs is 1. The summed E-state index contributed by atoms with van der Waals surface area (Å²) in [5.41, 5.74) is -0.146. The van der Waals surface area contributed by atoms with E-state index in [1.54, 1.807) is 24.5 Å². The third-order valence-corrected chi connectivity index (χ3v) is 5.80. The fraction of sp³-hybridized carbons (Fsp3) is 0.120. The molecule has 2 N–H and O–H groups in total. The maximum atomic E-state index is 13.1. The van der Waals surface area contributed by atoms with Crippen molar-refractivity contribution < 1.29 is 50.6 Å². The molecule has 1 saturated heterocycles. The van der Waals surface area contributed by atoms with Gasteiger partial charge in [0.2, 0.25) is 0 Å².